The fourth-order valence-electron chi connectivity index (χ4n) is 6.69. The first-order valence-corrected chi connectivity index (χ1v) is 16.5. The molecule has 9 rings (SSSR count). The molecule has 0 atom stereocenters. The van der Waals surface area contributed by atoms with Crippen LogP contribution in [-0.4, -0.2) is 20.7 Å². The molecule has 0 saturated heterocycles. The SMILES string of the molecule is c1ccc(-c2nc(-c3ccccc3)nc(-c3ccc(-c4cccc5c(-c6ccc(C7=Nc8ccccc8C7)cc6)cccc45)cc3)n2)cc1. The lowest BCUT2D eigenvalue weighted by Crippen LogP contribution is -2.00. The van der Waals surface area contributed by atoms with Gasteiger partial charge in [-0.2, -0.15) is 0 Å². The molecular weight excluding hydrogens is 597 g/mol. The third kappa shape index (κ3) is 5.49. The van der Waals surface area contributed by atoms with Crippen molar-refractivity contribution in [3.63, 3.8) is 0 Å². The Balaban J connectivity index is 1.05. The second-order valence-electron chi connectivity index (χ2n) is 12.3. The van der Waals surface area contributed by atoms with Crippen molar-refractivity contribution in [2.75, 3.05) is 0 Å². The Labute approximate surface area is 285 Å². The summed E-state index contributed by atoms with van der Waals surface area (Å²) in [5.41, 5.74) is 12.3. The van der Waals surface area contributed by atoms with Crippen LogP contribution >= 0.6 is 0 Å². The molecule has 0 fully saturated rings. The highest BCUT2D eigenvalue weighted by Gasteiger charge is 2.16. The van der Waals surface area contributed by atoms with Crippen molar-refractivity contribution in [1.29, 1.82) is 0 Å². The fourth-order valence-corrected chi connectivity index (χ4v) is 6.69. The van der Waals surface area contributed by atoms with Crippen LogP contribution in [0.25, 0.3) is 67.2 Å². The van der Waals surface area contributed by atoms with Gasteiger partial charge in [0, 0.05) is 23.1 Å². The minimum absolute atomic E-state index is 0.648. The molecule has 4 heteroatoms. The normalized spacial score (nSPS) is 12.1. The van der Waals surface area contributed by atoms with Gasteiger partial charge in [-0.1, -0.05) is 164 Å². The summed E-state index contributed by atoms with van der Waals surface area (Å²) in [6.45, 7) is 0. The minimum atomic E-state index is 0.648. The molecule has 0 spiro atoms. The zero-order valence-corrected chi connectivity index (χ0v) is 26.7. The van der Waals surface area contributed by atoms with E-state index in [0.29, 0.717) is 17.5 Å². The number of rotatable bonds is 6. The highest BCUT2D eigenvalue weighted by molar-refractivity contribution is 6.08. The quantitative estimate of drug-likeness (QED) is 0.184. The molecule has 0 saturated carbocycles. The van der Waals surface area contributed by atoms with E-state index in [1.54, 1.807) is 0 Å². The van der Waals surface area contributed by atoms with Crippen molar-refractivity contribution in [3.05, 3.63) is 181 Å². The van der Waals surface area contributed by atoms with E-state index in [-0.39, 0.29) is 0 Å². The van der Waals surface area contributed by atoms with Crippen LogP contribution in [0.4, 0.5) is 5.69 Å². The van der Waals surface area contributed by atoms with Crippen molar-refractivity contribution in [3.8, 4) is 56.4 Å². The van der Waals surface area contributed by atoms with E-state index in [1.807, 2.05) is 60.7 Å². The lowest BCUT2D eigenvalue weighted by Gasteiger charge is -2.13. The molecule has 0 N–H and O–H groups in total. The van der Waals surface area contributed by atoms with Crippen LogP contribution in [0, 0.1) is 0 Å². The van der Waals surface area contributed by atoms with Gasteiger partial charge in [-0.05, 0) is 50.2 Å². The maximum atomic E-state index is 4.91. The van der Waals surface area contributed by atoms with E-state index in [2.05, 4.69) is 109 Å². The molecule has 230 valence electrons. The van der Waals surface area contributed by atoms with Crippen LogP contribution < -0.4 is 0 Å². The molecule has 1 aromatic heterocycles. The first-order valence-electron chi connectivity index (χ1n) is 16.5. The summed E-state index contributed by atoms with van der Waals surface area (Å²) in [6, 6.07) is 59.1. The number of nitrogens with zero attached hydrogens (tertiary/aromatic N) is 4. The molecule has 0 amide bonds. The fraction of sp³-hybridized carbons (Fsp3) is 0.0222. The third-order valence-electron chi connectivity index (χ3n) is 9.21. The van der Waals surface area contributed by atoms with Gasteiger partial charge in [0.2, 0.25) is 0 Å². The summed E-state index contributed by atoms with van der Waals surface area (Å²) in [4.78, 5) is 19.5. The summed E-state index contributed by atoms with van der Waals surface area (Å²) in [5, 5.41) is 2.44. The van der Waals surface area contributed by atoms with Crippen LogP contribution in [0.5, 0.6) is 0 Å². The van der Waals surface area contributed by atoms with Crippen LogP contribution in [0.2, 0.25) is 0 Å². The van der Waals surface area contributed by atoms with E-state index in [4.69, 9.17) is 19.9 Å². The Morgan fingerprint density at radius 3 is 1.27 bits per heavy atom. The molecule has 2 heterocycles. The van der Waals surface area contributed by atoms with Gasteiger partial charge in [-0.25, -0.2) is 15.0 Å². The average Bonchev–Trinajstić information content (AvgIpc) is 3.63. The first-order chi connectivity index (χ1) is 24.3. The van der Waals surface area contributed by atoms with Crippen LogP contribution in [-0.2, 0) is 6.42 Å². The zero-order valence-electron chi connectivity index (χ0n) is 26.7. The predicted molar refractivity (Wildman–Crippen MR) is 201 cm³/mol. The summed E-state index contributed by atoms with van der Waals surface area (Å²) in [5.74, 6) is 1.96. The van der Waals surface area contributed by atoms with E-state index in [1.165, 1.54) is 38.6 Å². The maximum absolute atomic E-state index is 4.91. The molecule has 7 aromatic carbocycles. The van der Waals surface area contributed by atoms with Crippen LogP contribution in [0.3, 0.4) is 0 Å². The Morgan fingerprint density at radius 2 is 0.755 bits per heavy atom. The standard InChI is InChI=1S/C45H30N4/c1-3-11-33(12-4-1)43-47-44(34-13-5-2-6-14-34)49-45(48-43)35-27-23-31(24-28-35)38-17-10-18-39-37(16-9-19-40(38)39)30-21-25-32(26-22-30)42-29-36-15-7-8-20-41(36)46-42/h1-28H,29H2. The first kappa shape index (κ1) is 28.7. The smallest absolute Gasteiger partial charge is 0.164 e. The molecule has 1 aliphatic heterocycles. The number of fused-ring (bicyclic) bond motifs is 2. The Kier molecular flexibility index (Phi) is 7.17. The monoisotopic (exact) mass is 626 g/mol. The van der Waals surface area contributed by atoms with Crippen molar-refractivity contribution < 1.29 is 0 Å². The van der Waals surface area contributed by atoms with Gasteiger partial charge >= 0.3 is 0 Å². The number of hydrogen-bond donors (Lipinski definition) is 0. The molecule has 0 radical (unpaired) electrons. The van der Waals surface area contributed by atoms with Crippen molar-refractivity contribution in [2.24, 2.45) is 4.99 Å². The molecule has 49 heavy (non-hydrogen) atoms. The molecule has 1 aliphatic rings. The summed E-state index contributed by atoms with van der Waals surface area (Å²) in [7, 11) is 0. The Hall–Kier alpha value is -6.52. The van der Waals surface area contributed by atoms with Gasteiger partial charge in [0.1, 0.15) is 0 Å². The van der Waals surface area contributed by atoms with E-state index in [0.717, 1.165) is 40.1 Å². The molecular formula is C45H30N4. The Bertz CT molecular complexity index is 2430. The topological polar surface area (TPSA) is 51.0 Å². The van der Waals surface area contributed by atoms with Crippen LogP contribution in [0.15, 0.2) is 175 Å². The molecule has 0 unspecified atom stereocenters. The summed E-state index contributed by atoms with van der Waals surface area (Å²) in [6.07, 6.45) is 0.877. The number of aliphatic imine (C=N–C) groups is 1. The van der Waals surface area contributed by atoms with Crippen LogP contribution in [0.1, 0.15) is 11.1 Å². The van der Waals surface area contributed by atoms with E-state index >= 15 is 0 Å². The van der Waals surface area contributed by atoms with E-state index < -0.39 is 0 Å². The highest BCUT2D eigenvalue weighted by atomic mass is 15.0. The predicted octanol–water partition coefficient (Wildman–Crippen LogP) is 11.0. The summed E-state index contributed by atoms with van der Waals surface area (Å²) < 4.78 is 0. The van der Waals surface area contributed by atoms with Gasteiger partial charge in [0.05, 0.1) is 11.4 Å². The lowest BCUT2D eigenvalue weighted by atomic mass is 9.92. The number of hydrogen-bond acceptors (Lipinski definition) is 4. The zero-order chi connectivity index (χ0) is 32.6. The average molecular weight is 627 g/mol. The van der Waals surface area contributed by atoms with Gasteiger partial charge in [0.15, 0.2) is 17.5 Å². The Morgan fingerprint density at radius 1 is 0.327 bits per heavy atom. The molecule has 0 bridgehead atoms. The number of para-hydroxylation sites is 1. The van der Waals surface area contributed by atoms with Gasteiger partial charge < -0.3 is 0 Å². The highest BCUT2D eigenvalue weighted by Crippen LogP contribution is 2.36. The van der Waals surface area contributed by atoms with Gasteiger partial charge in [0.25, 0.3) is 0 Å². The van der Waals surface area contributed by atoms with Gasteiger partial charge in [-0.15, -0.1) is 0 Å². The largest absolute Gasteiger partial charge is 0.252 e. The maximum Gasteiger partial charge on any atom is 0.164 e. The molecule has 8 aromatic rings. The number of aromatic nitrogens is 3. The third-order valence-corrected chi connectivity index (χ3v) is 9.21. The van der Waals surface area contributed by atoms with Crippen molar-refractivity contribution in [1.82, 2.24) is 15.0 Å². The van der Waals surface area contributed by atoms with Crippen molar-refractivity contribution in [2.45, 2.75) is 6.42 Å². The lowest BCUT2D eigenvalue weighted by molar-refractivity contribution is 1.07. The second-order valence-corrected chi connectivity index (χ2v) is 12.3. The number of benzene rings is 7. The second kappa shape index (κ2) is 12.3. The molecule has 4 nitrogen and oxygen atoms in total. The van der Waals surface area contributed by atoms with Gasteiger partial charge in [-0.3, -0.25) is 4.99 Å². The molecule has 0 aliphatic carbocycles. The minimum Gasteiger partial charge on any atom is -0.252 e. The van der Waals surface area contributed by atoms with Crippen molar-refractivity contribution >= 4 is 22.2 Å². The summed E-state index contributed by atoms with van der Waals surface area (Å²) >= 11 is 0. The van der Waals surface area contributed by atoms with E-state index in [9.17, 15) is 0 Å².